The van der Waals surface area contributed by atoms with Crippen LogP contribution in [-0.2, 0) is 6.54 Å². The molecule has 0 bridgehead atoms. The Bertz CT molecular complexity index is 1270. The topological polar surface area (TPSA) is 97.2 Å². The maximum absolute atomic E-state index is 11.9. The maximum atomic E-state index is 11.9. The standard InChI is InChI=1S/C24H23N7O2/c1-33-21-4-2-3-17(13-21)15-30-16-19(14-27-30)28-22-9-10-25-23(29-22)18-5-7-20(8-6-18)31-12-11-26-24(31)32/h2-10,13-14,16H,11-12,15H2,1H3,(H,26,32)(H,25,28,29). The van der Waals surface area contributed by atoms with E-state index in [0.717, 1.165) is 28.3 Å². The highest BCUT2D eigenvalue weighted by atomic mass is 16.5. The van der Waals surface area contributed by atoms with Crippen LogP contribution in [0, 0.1) is 0 Å². The minimum atomic E-state index is -0.0721. The van der Waals surface area contributed by atoms with Gasteiger partial charge in [0, 0.05) is 36.7 Å². The lowest BCUT2D eigenvalue weighted by Gasteiger charge is -2.14. The summed E-state index contributed by atoms with van der Waals surface area (Å²) in [7, 11) is 1.66. The smallest absolute Gasteiger partial charge is 0.321 e. The van der Waals surface area contributed by atoms with Gasteiger partial charge in [-0.15, -0.1) is 0 Å². The Morgan fingerprint density at radius 1 is 1.15 bits per heavy atom. The number of methoxy groups -OCH3 is 1. The number of hydrogen-bond acceptors (Lipinski definition) is 6. The number of ether oxygens (including phenoxy) is 1. The molecule has 2 aromatic heterocycles. The first kappa shape index (κ1) is 20.5. The van der Waals surface area contributed by atoms with E-state index in [4.69, 9.17) is 4.74 Å². The number of anilines is 3. The number of aromatic nitrogens is 4. The number of benzene rings is 2. The van der Waals surface area contributed by atoms with Gasteiger partial charge < -0.3 is 15.4 Å². The Morgan fingerprint density at radius 2 is 2.03 bits per heavy atom. The first-order valence-corrected chi connectivity index (χ1v) is 10.6. The second-order valence-electron chi connectivity index (χ2n) is 7.60. The summed E-state index contributed by atoms with van der Waals surface area (Å²) in [6, 6.07) is 17.3. The quantitative estimate of drug-likeness (QED) is 0.454. The van der Waals surface area contributed by atoms with Crippen LogP contribution in [0.5, 0.6) is 5.75 Å². The summed E-state index contributed by atoms with van der Waals surface area (Å²) in [4.78, 5) is 22.6. The molecule has 2 amide bonds. The van der Waals surface area contributed by atoms with E-state index in [1.807, 2.05) is 65.5 Å². The van der Waals surface area contributed by atoms with Gasteiger partial charge >= 0.3 is 6.03 Å². The molecule has 0 saturated carbocycles. The van der Waals surface area contributed by atoms with E-state index in [-0.39, 0.29) is 6.03 Å². The summed E-state index contributed by atoms with van der Waals surface area (Å²) < 4.78 is 7.14. The van der Waals surface area contributed by atoms with Gasteiger partial charge in [-0.25, -0.2) is 14.8 Å². The van der Waals surface area contributed by atoms with Gasteiger partial charge in [0.25, 0.3) is 0 Å². The van der Waals surface area contributed by atoms with Crippen molar-refractivity contribution >= 4 is 23.2 Å². The highest BCUT2D eigenvalue weighted by Crippen LogP contribution is 2.23. The summed E-state index contributed by atoms with van der Waals surface area (Å²) >= 11 is 0. The van der Waals surface area contributed by atoms with Gasteiger partial charge in [-0.05, 0) is 48.0 Å². The molecule has 1 saturated heterocycles. The van der Waals surface area contributed by atoms with Gasteiger partial charge in [0.2, 0.25) is 0 Å². The van der Waals surface area contributed by atoms with E-state index in [9.17, 15) is 4.79 Å². The van der Waals surface area contributed by atoms with Crippen LogP contribution in [0.1, 0.15) is 5.56 Å². The predicted octanol–water partition coefficient (Wildman–Crippen LogP) is 3.67. The summed E-state index contributed by atoms with van der Waals surface area (Å²) in [5, 5.41) is 10.5. The van der Waals surface area contributed by atoms with Crippen molar-refractivity contribution in [3.05, 3.63) is 78.8 Å². The van der Waals surface area contributed by atoms with Crippen LogP contribution in [-0.4, -0.2) is 46.0 Å². The average molecular weight is 441 g/mol. The lowest BCUT2D eigenvalue weighted by Crippen LogP contribution is -2.27. The molecule has 1 fully saturated rings. The molecule has 3 heterocycles. The van der Waals surface area contributed by atoms with Crippen molar-refractivity contribution in [3.8, 4) is 17.1 Å². The highest BCUT2D eigenvalue weighted by Gasteiger charge is 2.20. The minimum absolute atomic E-state index is 0.0721. The van der Waals surface area contributed by atoms with E-state index in [2.05, 4.69) is 25.7 Å². The Morgan fingerprint density at radius 3 is 2.82 bits per heavy atom. The van der Waals surface area contributed by atoms with E-state index in [1.165, 1.54) is 0 Å². The molecule has 0 atom stereocenters. The minimum Gasteiger partial charge on any atom is -0.497 e. The molecule has 0 radical (unpaired) electrons. The van der Waals surface area contributed by atoms with Crippen molar-refractivity contribution in [2.24, 2.45) is 0 Å². The summed E-state index contributed by atoms with van der Waals surface area (Å²) in [5.74, 6) is 2.09. The van der Waals surface area contributed by atoms with Crippen molar-refractivity contribution in [3.63, 3.8) is 0 Å². The third kappa shape index (κ3) is 4.62. The van der Waals surface area contributed by atoms with Gasteiger partial charge in [-0.3, -0.25) is 9.58 Å². The third-order valence-electron chi connectivity index (χ3n) is 5.33. The number of carbonyl (C=O) groups is 1. The Hall–Kier alpha value is -4.40. The van der Waals surface area contributed by atoms with Crippen LogP contribution in [0.2, 0.25) is 0 Å². The van der Waals surface area contributed by atoms with Crippen molar-refractivity contribution in [2.75, 3.05) is 30.4 Å². The highest BCUT2D eigenvalue weighted by molar-refractivity contribution is 5.94. The predicted molar refractivity (Wildman–Crippen MR) is 126 cm³/mol. The summed E-state index contributed by atoms with van der Waals surface area (Å²) in [6.45, 7) is 1.96. The molecule has 166 valence electrons. The van der Waals surface area contributed by atoms with Crippen molar-refractivity contribution < 1.29 is 9.53 Å². The van der Waals surface area contributed by atoms with Gasteiger partial charge in [0.15, 0.2) is 5.82 Å². The van der Waals surface area contributed by atoms with E-state index in [1.54, 1.807) is 24.4 Å². The molecule has 9 nitrogen and oxygen atoms in total. The molecular weight excluding hydrogens is 418 g/mol. The van der Waals surface area contributed by atoms with Gasteiger partial charge in [-0.1, -0.05) is 12.1 Å². The second-order valence-corrected chi connectivity index (χ2v) is 7.60. The Balaban J connectivity index is 1.27. The second kappa shape index (κ2) is 8.99. The van der Waals surface area contributed by atoms with E-state index in [0.29, 0.717) is 31.3 Å². The number of urea groups is 1. The summed E-state index contributed by atoms with van der Waals surface area (Å²) in [5.41, 5.74) is 3.66. The van der Waals surface area contributed by atoms with Crippen LogP contribution >= 0.6 is 0 Å². The van der Waals surface area contributed by atoms with Crippen LogP contribution in [0.4, 0.5) is 22.0 Å². The van der Waals surface area contributed by atoms with Gasteiger partial charge in [0.1, 0.15) is 11.6 Å². The number of rotatable bonds is 7. The first-order valence-electron chi connectivity index (χ1n) is 10.6. The van der Waals surface area contributed by atoms with Crippen LogP contribution in [0.25, 0.3) is 11.4 Å². The molecule has 4 aromatic rings. The monoisotopic (exact) mass is 441 g/mol. The zero-order chi connectivity index (χ0) is 22.6. The van der Waals surface area contributed by atoms with Crippen LogP contribution in [0.3, 0.4) is 0 Å². The summed E-state index contributed by atoms with van der Waals surface area (Å²) in [6.07, 6.45) is 5.40. The molecule has 0 spiro atoms. The number of amides is 2. The third-order valence-corrected chi connectivity index (χ3v) is 5.33. The molecule has 1 aliphatic rings. The zero-order valence-electron chi connectivity index (χ0n) is 18.1. The van der Waals surface area contributed by atoms with Crippen LogP contribution in [0.15, 0.2) is 73.2 Å². The van der Waals surface area contributed by atoms with E-state index < -0.39 is 0 Å². The van der Waals surface area contributed by atoms with Crippen molar-refractivity contribution in [1.82, 2.24) is 25.1 Å². The zero-order valence-corrected chi connectivity index (χ0v) is 18.1. The molecule has 5 rings (SSSR count). The molecule has 9 heteroatoms. The number of nitrogens with zero attached hydrogens (tertiary/aromatic N) is 5. The lowest BCUT2D eigenvalue weighted by molar-refractivity contribution is 0.252. The molecule has 2 N–H and O–H groups in total. The molecule has 0 unspecified atom stereocenters. The Labute approximate surface area is 191 Å². The maximum Gasteiger partial charge on any atom is 0.321 e. The number of hydrogen-bond donors (Lipinski definition) is 2. The van der Waals surface area contributed by atoms with Gasteiger partial charge in [0.05, 0.1) is 25.5 Å². The average Bonchev–Trinajstić information content (AvgIpc) is 3.48. The number of nitrogens with one attached hydrogen (secondary N) is 2. The fourth-order valence-corrected chi connectivity index (χ4v) is 3.70. The van der Waals surface area contributed by atoms with Crippen LogP contribution < -0.4 is 20.3 Å². The van der Waals surface area contributed by atoms with Crippen molar-refractivity contribution in [1.29, 1.82) is 0 Å². The molecule has 1 aliphatic heterocycles. The molecule has 33 heavy (non-hydrogen) atoms. The molecule has 0 aliphatic carbocycles. The first-order chi connectivity index (χ1) is 16.2. The largest absolute Gasteiger partial charge is 0.497 e. The lowest BCUT2D eigenvalue weighted by atomic mass is 10.2. The number of carbonyl (C=O) groups excluding carboxylic acids is 1. The Kier molecular flexibility index (Phi) is 5.59. The van der Waals surface area contributed by atoms with Crippen molar-refractivity contribution in [2.45, 2.75) is 6.54 Å². The van der Waals surface area contributed by atoms with Gasteiger partial charge in [-0.2, -0.15) is 5.10 Å². The fourth-order valence-electron chi connectivity index (χ4n) is 3.70. The fraction of sp³-hybridized carbons (Fsp3) is 0.167. The normalized spacial score (nSPS) is 13.1. The molecular formula is C24H23N7O2. The van der Waals surface area contributed by atoms with E-state index >= 15 is 0 Å². The molecule has 2 aromatic carbocycles. The SMILES string of the molecule is COc1cccc(Cn2cc(Nc3ccnc(-c4ccc(N5CCNC5=O)cc4)n3)cn2)c1.